The fraction of sp³-hybridized carbons (Fsp3) is 0. The van der Waals surface area contributed by atoms with Crippen LogP contribution in [0.3, 0.4) is 0 Å². The number of phenols is 1. The molecule has 2 rings (SSSR count). The van der Waals surface area contributed by atoms with Crippen LogP contribution in [-0.2, 0) is 17.4 Å². The summed E-state index contributed by atoms with van der Waals surface area (Å²) in [6.07, 6.45) is 0. The zero-order valence-corrected chi connectivity index (χ0v) is 9.23. The Bertz CT molecular complexity index is 398. The van der Waals surface area contributed by atoms with E-state index in [-0.39, 0.29) is 23.1 Å². The first-order valence-electron chi connectivity index (χ1n) is 4.36. The van der Waals surface area contributed by atoms with Crippen molar-refractivity contribution in [2.75, 3.05) is 0 Å². The van der Waals surface area contributed by atoms with E-state index >= 15 is 0 Å². The average Bonchev–Trinajstić information content (AvgIpc) is 2.23. The first-order valence-corrected chi connectivity index (χ1v) is 4.36. The van der Waals surface area contributed by atoms with E-state index in [4.69, 9.17) is 9.84 Å². The van der Waals surface area contributed by atoms with Crippen molar-refractivity contribution >= 4 is 0 Å². The van der Waals surface area contributed by atoms with Crippen LogP contribution in [-0.4, -0.2) is 5.11 Å². The third-order valence-corrected chi connectivity index (χ3v) is 1.82. The molecule has 0 heterocycles. The summed E-state index contributed by atoms with van der Waals surface area (Å²) in [5.74, 6) is 1.75. The van der Waals surface area contributed by atoms with Gasteiger partial charge in [-0.15, -0.1) is 0 Å². The Morgan fingerprint density at radius 2 is 1.27 bits per heavy atom. The van der Waals surface area contributed by atoms with Gasteiger partial charge in [0.25, 0.3) is 0 Å². The fourth-order valence-corrected chi connectivity index (χ4v) is 1.14. The Hall–Kier alpha value is -1.43. The molecule has 2 aromatic carbocycles. The zero-order chi connectivity index (χ0) is 9.80. The fourth-order valence-electron chi connectivity index (χ4n) is 1.14. The van der Waals surface area contributed by atoms with Crippen molar-refractivity contribution in [2.24, 2.45) is 0 Å². The van der Waals surface area contributed by atoms with Gasteiger partial charge in [-0.05, 0) is 36.4 Å². The van der Waals surface area contributed by atoms with E-state index in [1.165, 1.54) is 0 Å². The van der Waals surface area contributed by atoms with Crippen LogP contribution in [0.1, 0.15) is 0 Å². The molecule has 0 saturated carbocycles. The van der Waals surface area contributed by atoms with Gasteiger partial charge in [-0.3, -0.25) is 0 Å². The molecule has 2 nitrogen and oxygen atoms in total. The summed E-state index contributed by atoms with van der Waals surface area (Å²) in [6.45, 7) is 0. The van der Waals surface area contributed by atoms with E-state index in [2.05, 4.69) is 0 Å². The van der Waals surface area contributed by atoms with E-state index in [9.17, 15) is 0 Å². The van der Waals surface area contributed by atoms with Gasteiger partial charge in [0.2, 0.25) is 0 Å². The number of aromatic hydroxyl groups is 1. The van der Waals surface area contributed by atoms with Gasteiger partial charge >= 0.3 is 17.4 Å². The van der Waals surface area contributed by atoms with Crippen LogP contribution >= 0.6 is 0 Å². The Labute approximate surface area is 99.3 Å². The number of ether oxygens (including phenoxy) is 1. The molecule has 0 atom stereocenters. The van der Waals surface area contributed by atoms with Gasteiger partial charge in [-0.2, -0.15) is 0 Å². The maximum atomic E-state index is 9.07. The normalized spacial score (nSPS) is 9.07. The van der Waals surface area contributed by atoms with Gasteiger partial charge in [0.15, 0.2) is 0 Å². The summed E-state index contributed by atoms with van der Waals surface area (Å²) in [5, 5.41) is 9.07. The van der Waals surface area contributed by atoms with Crippen molar-refractivity contribution in [1.82, 2.24) is 0 Å². The van der Waals surface area contributed by atoms with Crippen molar-refractivity contribution < 1.29 is 27.2 Å². The van der Waals surface area contributed by atoms with Crippen molar-refractivity contribution in [1.29, 1.82) is 0 Å². The van der Waals surface area contributed by atoms with E-state index in [0.29, 0.717) is 5.75 Å². The number of para-hydroxylation sites is 1. The summed E-state index contributed by atoms with van der Waals surface area (Å²) in [5.41, 5.74) is 0. The Morgan fingerprint density at radius 1 is 0.733 bits per heavy atom. The molecule has 15 heavy (non-hydrogen) atoms. The van der Waals surface area contributed by atoms with Crippen molar-refractivity contribution in [3.05, 3.63) is 54.6 Å². The monoisotopic (exact) mass is 238 g/mol. The largest absolute Gasteiger partial charge is 3.00 e. The molecule has 73 valence electrons. The molecule has 0 aliphatic carbocycles. The molecule has 0 unspecified atom stereocenters. The van der Waals surface area contributed by atoms with Crippen LogP contribution in [0.25, 0.3) is 0 Å². The molecule has 0 fully saturated rings. The van der Waals surface area contributed by atoms with E-state index in [1.807, 2.05) is 30.3 Å². The van der Waals surface area contributed by atoms with Crippen LogP contribution in [0.15, 0.2) is 54.6 Å². The number of phenolic OH excluding ortho intramolecular Hbond substituents is 1. The third-order valence-electron chi connectivity index (χ3n) is 1.82. The van der Waals surface area contributed by atoms with Crippen LogP contribution in [0.2, 0.25) is 0 Å². The van der Waals surface area contributed by atoms with Crippen LogP contribution in [0, 0.1) is 0 Å². The molecule has 2 aromatic rings. The molecule has 0 spiro atoms. The second kappa shape index (κ2) is 5.45. The zero-order valence-electron chi connectivity index (χ0n) is 7.96. The summed E-state index contributed by atoms with van der Waals surface area (Å²) in [7, 11) is 0. The Kier molecular flexibility index (Phi) is 4.23. The van der Waals surface area contributed by atoms with Gasteiger partial charge in [0, 0.05) is 0 Å². The molecular formula is C12H10CrO2+3. The van der Waals surface area contributed by atoms with Gasteiger partial charge in [-0.1, -0.05) is 18.2 Å². The van der Waals surface area contributed by atoms with Crippen LogP contribution in [0.5, 0.6) is 17.2 Å². The molecule has 0 aliphatic heterocycles. The van der Waals surface area contributed by atoms with E-state index < -0.39 is 0 Å². The molecule has 3 heteroatoms. The standard InChI is InChI=1S/C12H10O2.Cr/c13-10-6-8-12(9-7-10)14-11-4-2-1-3-5-11;/h1-9,13H;/q;+3. The quantitative estimate of drug-likeness (QED) is 0.870. The molecule has 1 radical (unpaired) electrons. The maximum Gasteiger partial charge on any atom is 3.00 e. The summed E-state index contributed by atoms with van der Waals surface area (Å²) >= 11 is 0. The molecule has 0 bridgehead atoms. The van der Waals surface area contributed by atoms with Gasteiger partial charge in [0.1, 0.15) is 17.2 Å². The third kappa shape index (κ3) is 3.32. The predicted octanol–water partition coefficient (Wildman–Crippen LogP) is 3.18. The number of hydrogen-bond donors (Lipinski definition) is 1. The minimum atomic E-state index is 0. The molecule has 0 aliphatic rings. The topological polar surface area (TPSA) is 29.5 Å². The molecule has 0 amide bonds. The van der Waals surface area contributed by atoms with Crippen LogP contribution in [0.4, 0.5) is 0 Å². The second-order valence-electron chi connectivity index (χ2n) is 2.91. The van der Waals surface area contributed by atoms with E-state index in [0.717, 1.165) is 5.75 Å². The second-order valence-corrected chi connectivity index (χ2v) is 2.91. The SMILES string of the molecule is Oc1ccc(Oc2ccccc2)cc1.[Cr+3]. The molecule has 0 saturated heterocycles. The summed E-state index contributed by atoms with van der Waals surface area (Å²) in [6, 6.07) is 16.2. The van der Waals surface area contributed by atoms with Gasteiger partial charge < -0.3 is 9.84 Å². The van der Waals surface area contributed by atoms with Crippen molar-refractivity contribution in [2.45, 2.75) is 0 Å². The van der Waals surface area contributed by atoms with E-state index in [1.54, 1.807) is 24.3 Å². The number of benzene rings is 2. The summed E-state index contributed by atoms with van der Waals surface area (Å²) in [4.78, 5) is 0. The smallest absolute Gasteiger partial charge is 0.508 e. The number of hydrogen-bond acceptors (Lipinski definition) is 2. The predicted molar refractivity (Wildman–Crippen MR) is 54.6 cm³/mol. The van der Waals surface area contributed by atoms with Crippen molar-refractivity contribution in [3.63, 3.8) is 0 Å². The molecule has 1 N–H and O–H groups in total. The molecule has 0 aromatic heterocycles. The number of rotatable bonds is 2. The Morgan fingerprint density at radius 3 is 1.87 bits per heavy atom. The first-order chi connectivity index (χ1) is 6.84. The van der Waals surface area contributed by atoms with Gasteiger partial charge in [0.05, 0.1) is 0 Å². The molecular weight excluding hydrogens is 228 g/mol. The Balaban J connectivity index is 0.00000112. The first kappa shape index (κ1) is 11.6. The summed E-state index contributed by atoms with van der Waals surface area (Å²) < 4.78 is 5.52. The van der Waals surface area contributed by atoms with Gasteiger partial charge in [-0.25, -0.2) is 0 Å². The minimum Gasteiger partial charge on any atom is -0.508 e. The van der Waals surface area contributed by atoms with Crippen molar-refractivity contribution in [3.8, 4) is 17.2 Å². The maximum absolute atomic E-state index is 9.07. The minimum absolute atomic E-state index is 0. The average molecular weight is 238 g/mol. The van der Waals surface area contributed by atoms with Crippen LogP contribution < -0.4 is 4.74 Å².